The summed E-state index contributed by atoms with van der Waals surface area (Å²) in [5, 5.41) is 3.81. The minimum atomic E-state index is -0.741. The largest absolute Gasteiger partial charge is 0.314 e. The third kappa shape index (κ3) is 2.70. The Morgan fingerprint density at radius 1 is 1.40 bits per heavy atom. The molecule has 1 heterocycles. The molecule has 0 aliphatic carbocycles. The molecule has 1 aliphatic rings. The van der Waals surface area contributed by atoms with Gasteiger partial charge in [-0.2, -0.15) is 0 Å². The molecule has 1 aliphatic heterocycles. The van der Waals surface area contributed by atoms with Crippen molar-refractivity contribution >= 4 is 11.6 Å². The highest BCUT2D eigenvalue weighted by Gasteiger charge is 2.24. The van der Waals surface area contributed by atoms with Gasteiger partial charge in [0.05, 0.1) is 0 Å². The third-order valence-corrected chi connectivity index (χ3v) is 3.35. The minimum absolute atomic E-state index is 0.117. The van der Waals surface area contributed by atoms with Crippen LogP contribution >= 0.6 is 11.6 Å². The molecule has 1 nitrogen and oxygen atoms in total. The first-order valence-electron chi connectivity index (χ1n) is 5.35. The second kappa shape index (κ2) is 4.95. The minimum Gasteiger partial charge on any atom is -0.314 e. The second-order valence-corrected chi connectivity index (χ2v) is 4.47. The fourth-order valence-corrected chi connectivity index (χ4v) is 2.26. The molecule has 0 saturated carbocycles. The molecule has 15 heavy (non-hydrogen) atoms. The second-order valence-electron chi connectivity index (χ2n) is 4.06. The van der Waals surface area contributed by atoms with E-state index in [2.05, 4.69) is 5.32 Å². The molecule has 2 atom stereocenters. The van der Waals surface area contributed by atoms with Crippen molar-refractivity contribution < 1.29 is 4.39 Å². The fraction of sp³-hybridized carbons (Fsp3) is 0.500. The SMILES string of the molecule is FC1CNCCC1Cc1ccccc1Cl. The quantitative estimate of drug-likeness (QED) is 0.820. The summed E-state index contributed by atoms with van der Waals surface area (Å²) in [6.45, 7) is 1.39. The van der Waals surface area contributed by atoms with Gasteiger partial charge in [-0.3, -0.25) is 0 Å². The van der Waals surface area contributed by atoms with E-state index in [0.717, 1.165) is 30.0 Å². The number of piperidine rings is 1. The van der Waals surface area contributed by atoms with Crippen LogP contribution in [-0.2, 0) is 6.42 Å². The van der Waals surface area contributed by atoms with Gasteiger partial charge in [-0.25, -0.2) is 4.39 Å². The summed E-state index contributed by atoms with van der Waals surface area (Å²) in [6, 6.07) is 7.71. The first-order valence-corrected chi connectivity index (χ1v) is 5.73. The van der Waals surface area contributed by atoms with Crippen LogP contribution in [0.5, 0.6) is 0 Å². The van der Waals surface area contributed by atoms with Crippen LogP contribution in [0.2, 0.25) is 5.02 Å². The maximum absolute atomic E-state index is 13.6. The Balaban J connectivity index is 2.04. The highest BCUT2D eigenvalue weighted by Crippen LogP contribution is 2.24. The predicted molar refractivity (Wildman–Crippen MR) is 61.0 cm³/mol. The molecule has 3 heteroatoms. The molecule has 1 N–H and O–H groups in total. The van der Waals surface area contributed by atoms with E-state index in [1.54, 1.807) is 0 Å². The van der Waals surface area contributed by atoms with Crippen molar-refractivity contribution in [2.75, 3.05) is 13.1 Å². The lowest BCUT2D eigenvalue weighted by atomic mass is 9.89. The smallest absolute Gasteiger partial charge is 0.116 e. The Morgan fingerprint density at radius 2 is 2.20 bits per heavy atom. The average molecular weight is 228 g/mol. The van der Waals surface area contributed by atoms with Crippen LogP contribution in [0.3, 0.4) is 0 Å². The molecule has 0 bridgehead atoms. The molecule has 0 radical (unpaired) electrons. The summed E-state index contributed by atoms with van der Waals surface area (Å²) in [6.07, 6.45) is 0.907. The number of benzene rings is 1. The molecule has 2 rings (SSSR count). The Bertz CT molecular complexity index is 329. The van der Waals surface area contributed by atoms with Crippen molar-refractivity contribution in [3.05, 3.63) is 34.9 Å². The van der Waals surface area contributed by atoms with Crippen molar-refractivity contribution in [1.82, 2.24) is 5.32 Å². The lowest BCUT2D eigenvalue weighted by Gasteiger charge is -2.26. The van der Waals surface area contributed by atoms with Gasteiger partial charge in [-0.15, -0.1) is 0 Å². The predicted octanol–water partition coefficient (Wildman–Crippen LogP) is 2.83. The normalized spacial score (nSPS) is 26.5. The van der Waals surface area contributed by atoms with Gasteiger partial charge in [-0.05, 0) is 36.9 Å². The summed E-state index contributed by atoms with van der Waals surface area (Å²) >= 11 is 6.05. The van der Waals surface area contributed by atoms with Crippen molar-refractivity contribution in [1.29, 1.82) is 0 Å². The zero-order valence-corrected chi connectivity index (χ0v) is 9.30. The van der Waals surface area contributed by atoms with E-state index < -0.39 is 6.17 Å². The maximum atomic E-state index is 13.6. The van der Waals surface area contributed by atoms with E-state index in [4.69, 9.17) is 11.6 Å². The summed E-state index contributed by atoms with van der Waals surface area (Å²) < 4.78 is 13.6. The zero-order chi connectivity index (χ0) is 10.7. The Kier molecular flexibility index (Phi) is 3.60. The molecule has 0 amide bonds. The van der Waals surface area contributed by atoms with Gasteiger partial charge in [0.25, 0.3) is 0 Å². The van der Waals surface area contributed by atoms with Crippen LogP contribution < -0.4 is 5.32 Å². The highest BCUT2D eigenvalue weighted by atomic mass is 35.5. The van der Waals surface area contributed by atoms with E-state index in [0.29, 0.717) is 6.54 Å². The molecule has 1 aromatic rings. The number of halogens is 2. The fourth-order valence-electron chi connectivity index (χ4n) is 2.05. The van der Waals surface area contributed by atoms with Gasteiger partial charge >= 0.3 is 0 Å². The van der Waals surface area contributed by atoms with Crippen molar-refractivity contribution in [3.8, 4) is 0 Å². The summed E-state index contributed by atoms with van der Waals surface area (Å²) in [5.41, 5.74) is 1.06. The number of rotatable bonds is 2. The number of hydrogen-bond acceptors (Lipinski definition) is 1. The van der Waals surface area contributed by atoms with E-state index in [1.165, 1.54) is 0 Å². The summed E-state index contributed by atoms with van der Waals surface area (Å²) in [4.78, 5) is 0. The van der Waals surface area contributed by atoms with Crippen molar-refractivity contribution in [2.45, 2.75) is 19.0 Å². The van der Waals surface area contributed by atoms with E-state index in [1.807, 2.05) is 24.3 Å². The average Bonchev–Trinajstić information content (AvgIpc) is 2.24. The first-order chi connectivity index (χ1) is 7.27. The van der Waals surface area contributed by atoms with Gasteiger partial charge in [0, 0.05) is 11.6 Å². The van der Waals surface area contributed by atoms with Crippen LogP contribution in [0, 0.1) is 5.92 Å². The van der Waals surface area contributed by atoms with Gasteiger partial charge in [0.2, 0.25) is 0 Å². The molecule has 1 aromatic carbocycles. The van der Waals surface area contributed by atoms with Crippen LogP contribution in [0.15, 0.2) is 24.3 Å². The van der Waals surface area contributed by atoms with Crippen molar-refractivity contribution in [2.24, 2.45) is 5.92 Å². The van der Waals surface area contributed by atoms with Gasteiger partial charge in [0.1, 0.15) is 6.17 Å². The molecule has 0 aromatic heterocycles. The first kappa shape index (κ1) is 10.9. The summed E-state index contributed by atoms with van der Waals surface area (Å²) in [7, 11) is 0. The van der Waals surface area contributed by atoms with Crippen LogP contribution in [-0.4, -0.2) is 19.3 Å². The Morgan fingerprint density at radius 3 is 2.93 bits per heavy atom. The van der Waals surface area contributed by atoms with E-state index in [9.17, 15) is 4.39 Å². The summed E-state index contributed by atoms with van der Waals surface area (Å²) in [5.74, 6) is 0.117. The molecular formula is C12H15ClFN. The van der Waals surface area contributed by atoms with Crippen LogP contribution in [0.4, 0.5) is 4.39 Å². The van der Waals surface area contributed by atoms with Gasteiger partial charge in [-0.1, -0.05) is 29.8 Å². The van der Waals surface area contributed by atoms with Crippen LogP contribution in [0.1, 0.15) is 12.0 Å². The monoisotopic (exact) mass is 227 g/mol. The Labute approximate surface area is 94.6 Å². The molecule has 2 unspecified atom stereocenters. The van der Waals surface area contributed by atoms with Gasteiger partial charge in [0.15, 0.2) is 0 Å². The third-order valence-electron chi connectivity index (χ3n) is 2.98. The molecule has 1 saturated heterocycles. The Hall–Kier alpha value is -0.600. The van der Waals surface area contributed by atoms with E-state index >= 15 is 0 Å². The van der Waals surface area contributed by atoms with Crippen LogP contribution in [0.25, 0.3) is 0 Å². The lowest BCUT2D eigenvalue weighted by molar-refractivity contribution is 0.179. The molecule has 1 fully saturated rings. The maximum Gasteiger partial charge on any atom is 0.116 e. The molecular weight excluding hydrogens is 213 g/mol. The molecule has 0 spiro atoms. The van der Waals surface area contributed by atoms with Gasteiger partial charge < -0.3 is 5.32 Å². The molecule has 82 valence electrons. The number of hydrogen-bond donors (Lipinski definition) is 1. The zero-order valence-electron chi connectivity index (χ0n) is 8.55. The standard InChI is InChI=1S/C12H15ClFN/c13-11-4-2-1-3-9(11)7-10-5-6-15-8-12(10)14/h1-4,10,12,15H,5-8H2. The van der Waals surface area contributed by atoms with E-state index in [-0.39, 0.29) is 5.92 Å². The topological polar surface area (TPSA) is 12.0 Å². The number of nitrogens with one attached hydrogen (secondary N) is 1. The number of alkyl halides is 1. The van der Waals surface area contributed by atoms with Crippen molar-refractivity contribution in [3.63, 3.8) is 0 Å². The lowest BCUT2D eigenvalue weighted by Crippen LogP contribution is -2.38. The highest BCUT2D eigenvalue weighted by molar-refractivity contribution is 6.31.